The highest BCUT2D eigenvalue weighted by atomic mass is 32.1. The van der Waals surface area contributed by atoms with Gasteiger partial charge in [0.1, 0.15) is 27.7 Å². The topological polar surface area (TPSA) is 63.7 Å². The monoisotopic (exact) mass is 446 g/mol. The number of nitriles is 2. The fraction of sp³-hybridized carbons (Fsp3) is 0.107. The average molecular weight is 447 g/mol. The second-order valence-electron chi connectivity index (χ2n) is 7.82. The summed E-state index contributed by atoms with van der Waals surface area (Å²) in [5.74, 6) is 0. The van der Waals surface area contributed by atoms with Crippen molar-refractivity contribution >= 4 is 33.8 Å². The molecule has 0 radical (unpaired) electrons. The van der Waals surface area contributed by atoms with E-state index < -0.39 is 0 Å². The lowest BCUT2D eigenvalue weighted by Crippen LogP contribution is -2.09. The largest absolute Gasteiger partial charge is 0.300 e. The fourth-order valence-corrected chi connectivity index (χ4v) is 4.58. The van der Waals surface area contributed by atoms with E-state index in [1.807, 2.05) is 43.3 Å². The van der Waals surface area contributed by atoms with Gasteiger partial charge in [-0.2, -0.15) is 10.5 Å². The maximum absolute atomic E-state index is 8.97. The van der Waals surface area contributed by atoms with Gasteiger partial charge in [-0.25, -0.2) is 4.98 Å². The number of allylic oxidation sites excluding steroid dienone is 1. The molecule has 33 heavy (non-hydrogen) atoms. The van der Waals surface area contributed by atoms with Crippen LogP contribution in [0.2, 0.25) is 0 Å². The van der Waals surface area contributed by atoms with E-state index in [1.54, 1.807) is 17.4 Å². The zero-order valence-corrected chi connectivity index (χ0v) is 19.5. The molecule has 0 unspecified atom stereocenters. The van der Waals surface area contributed by atoms with Crippen molar-refractivity contribution in [2.45, 2.75) is 20.8 Å². The molecule has 0 aliphatic rings. The van der Waals surface area contributed by atoms with Crippen molar-refractivity contribution in [3.05, 3.63) is 101 Å². The zero-order chi connectivity index (χ0) is 23.4. The number of benzene rings is 3. The molecule has 1 heterocycles. The highest BCUT2D eigenvalue weighted by Crippen LogP contribution is 2.42. The van der Waals surface area contributed by atoms with Gasteiger partial charge in [0.25, 0.3) is 0 Å². The summed E-state index contributed by atoms with van der Waals surface area (Å²) >= 11 is 1.64. The van der Waals surface area contributed by atoms with Crippen molar-refractivity contribution in [3.8, 4) is 22.7 Å². The minimum atomic E-state index is 0.0852. The molecule has 0 saturated heterocycles. The third-order valence-electron chi connectivity index (χ3n) is 5.27. The third kappa shape index (κ3) is 4.85. The van der Waals surface area contributed by atoms with Crippen molar-refractivity contribution in [1.82, 2.24) is 4.98 Å². The average Bonchev–Trinajstić information content (AvgIpc) is 3.21. The van der Waals surface area contributed by atoms with Crippen LogP contribution in [0.25, 0.3) is 16.6 Å². The molecule has 0 saturated carbocycles. The van der Waals surface area contributed by atoms with Crippen LogP contribution in [0.5, 0.6) is 0 Å². The van der Waals surface area contributed by atoms with Crippen LogP contribution in [0.4, 0.5) is 16.4 Å². The summed E-state index contributed by atoms with van der Waals surface area (Å²) in [5, 5.41) is 19.9. The van der Waals surface area contributed by atoms with Crippen molar-refractivity contribution in [2.75, 3.05) is 4.90 Å². The number of aromatic nitrogens is 1. The number of hydrogen-bond acceptors (Lipinski definition) is 5. The lowest BCUT2D eigenvalue weighted by atomic mass is 10.1. The van der Waals surface area contributed by atoms with Gasteiger partial charge in [0, 0.05) is 16.9 Å². The van der Waals surface area contributed by atoms with Gasteiger partial charge in [0.2, 0.25) is 0 Å². The van der Waals surface area contributed by atoms with E-state index in [0.29, 0.717) is 0 Å². The van der Waals surface area contributed by atoms with E-state index in [-0.39, 0.29) is 5.57 Å². The van der Waals surface area contributed by atoms with Crippen LogP contribution in [-0.4, -0.2) is 4.98 Å². The zero-order valence-electron chi connectivity index (χ0n) is 18.7. The predicted octanol–water partition coefficient (Wildman–Crippen LogP) is 7.64. The predicted molar refractivity (Wildman–Crippen MR) is 136 cm³/mol. The smallest absolute Gasteiger partial charge is 0.130 e. The molecule has 3 aromatic carbocycles. The van der Waals surface area contributed by atoms with Crippen LogP contribution < -0.4 is 4.90 Å². The highest BCUT2D eigenvalue weighted by Gasteiger charge is 2.19. The number of anilines is 3. The van der Waals surface area contributed by atoms with Crippen LogP contribution in [0.3, 0.4) is 0 Å². The Morgan fingerprint density at radius 3 is 1.79 bits per heavy atom. The van der Waals surface area contributed by atoms with Crippen LogP contribution in [0.15, 0.2) is 78.4 Å². The molecule has 4 rings (SSSR count). The molecule has 0 aliphatic carbocycles. The molecule has 4 aromatic rings. The Labute approximate surface area is 198 Å². The minimum Gasteiger partial charge on any atom is -0.300 e. The van der Waals surface area contributed by atoms with Gasteiger partial charge in [0.05, 0.1) is 5.69 Å². The summed E-state index contributed by atoms with van der Waals surface area (Å²) in [6.07, 6.45) is 1.58. The lowest BCUT2D eigenvalue weighted by molar-refractivity contribution is 1.21. The molecule has 160 valence electrons. The molecule has 1 aromatic heterocycles. The summed E-state index contributed by atoms with van der Waals surface area (Å²) in [5.41, 5.74) is 7.45. The molecule has 0 amide bonds. The summed E-state index contributed by atoms with van der Waals surface area (Å²) in [4.78, 5) is 7.12. The molecule has 0 bridgehead atoms. The fourth-order valence-electron chi connectivity index (χ4n) is 3.47. The van der Waals surface area contributed by atoms with Gasteiger partial charge in [0.15, 0.2) is 0 Å². The number of rotatable bonds is 5. The maximum Gasteiger partial charge on any atom is 0.130 e. The highest BCUT2D eigenvalue weighted by molar-refractivity contribution is 7.19. The number of thiazole rings is 1. The molecule has 0 atom stereocenters. The Kier molecular flexibility index (Phi) is 6.36. The Bertz CT molecular complexity index is 1320. The van der Waals surface area contributed by atoms with Gasteiger partial charge < -0.3 is 4.90 Å². The third-order valence-corrected chi connectivity index (χ3v) is 6.46. The second kappa shape index (κ2) is 9.53. The lowest BCUT2D eigenvalue weighted by Gasteiger charge is -2.24. The standard InChI is InChI=1S/C28H22N4S/c1-19-4-12-25(13-5-19)32(26-14-6-20(2)7-15-26)28-21(3)31-27(33-28)24-10-8-22(9-11-24)16-23(17-29)18-30/h4-16H,1-3H3. The van der Waals surface area contributed by atoms with Gasteiger partial charge in [-0.05, 0) is 56.7 Å². The first-order chi connectivity index (χ1) is 16.0. The molecular weight excluding hydrogens is 424 g/mol. The van der Waals surface area contributed by atoms with E-state index in [9.17, 15) is 0 Å². The molecular formula is C28H22N4S. The number of aryl methyl sites for hydroxylation is 3. The van der Waals surface area contributed by atoms with Gasteiger partial charge in [-0.1, -0.05) is 71.0 Å². The van der Waals surface area contributed by atoms with E-state index >= 15 is 0 Å². The van der Waals surface area contributed by atoms with Crippen molar-refractivity contribution in [2.24, 2.45) is 0 Å². The summed E-state index contributed by atoms with van der Waals surface area (Å²) in [6.45, 7) is 6.21. The Morgan fingerprint density at radius 2 is 1.30 bits per heavy atom. The van der Waals surface area contributed by atoms with Crippen molar-refractivity contribution < 1.29 is 0 Å². The maximum atomic E-state index is 8.97. The summed E-state index contributed by atoms with van der Waals surface area (Å²) in [7, 11) is 0. The van der Waals surface area contributed by atoms with E-state index in [2.05, 4.69) is 67.3 Å². The quantitative estimate of drug-likeness (QED) is 0.296. The van der Waals surface area contributed by atoms with E-state index in [4.69, 9.17) is 15.5 Å². The van der Waals surface area contributed by atoms with Gasteiger partial charge in [-0.15, -0.1) is 0 Å². The van der Waals surface area contributed by atoms with Gasteiger partial charge in [-0.3, -0.25) is 0 Å². The summed E-state index contributed by atoms with van der Waals surface area (Å²) < 4.78 is 0. The first-order valence-corrected chi connectivity index (χ1v) is 11.3. The molecule has 5 heteroatoms. The Morgan fingerprint density at radius 1 is 0.788 bits per heavy atom. The molecule has 0 spiro atoms. The summed E-state index contributed by atoms with van der Waals surface area (Å²) in [6, 6.07) is 28.6. The minimum absolute atomic E-state index is 0.0852. The number of hydrogen-bond donors (Lipinski definition) is 0. The van der Waals surface area contributed by atoms with E-state index in [0.717, 1.165) is 38.2 Å². The Hall–Kier alpha value is -4.19. The number of nitrogens with zero attached hydrogens (tertiary/aromatic N) is 4. The molecule has 0 fully saturated rings. The normalized spacial score (nSPS) is 10.2. The van der Waals surface area contributed by atoms with Gasteiger partial charge >= 0.3 is 0 Å². The Balaban J connectivity index is 1.75. The molecule has 4 nitrogen and oxygen atoms in total. The van der Waals surface area contributed by atoms with Crippen molar-refractivity contribution in [3.63, 3.8) is 0 Å². The van der Waals surface area contributed by atoms with Crippen LogP contribution in [0, 0.1) is 43.4 Å². The first-order valence-electron chi connectivity index (χ1n) is 10.5. The van der Waals surface area contributed by atoms with E-state index in [1.165, 1.54) is 11.1 Å². The SMILES string of the molecule is Cc1ccc(N(c2ccc(C)cc2)c2sc(-c3ccc(C=C(C#N)C#N)cc3)nc2C)cc1. The first kappa shape index (κ1) is 22.0. The van der Waals surface area contributed by atoms with Crippen LogP contribution in [-0.2, 0) is 0 Å². The molecule has 0 N–H and O–H groups in total. The van der Waals surface area contributed by atoms with Crippen LogP contribution in [0.1, 0.15) is 22.4 Å². The van der Waals surface area contributed by atoms with Crippen LogP contribution >= 0.6 is 11.3 Å². The molecule has 0 aliphatic heterocycles. The second-order valence-corrected chi connectivity index (χ2v) is 8.80. The van der Waals surface area contributed by atoms with Crippen molar-refractivity contribution in [1.29, 1.82) is 10.5 Å².